The maximum absolute atomic E-state index is 12.4. The van der Waals surface area contributed by atoms with Crippen molar-refractivity contribution in [3.05, 3.63) is 36.0 Å². The largest absolute Gasteiger partial charge is 0.361 e. The third-order valence-corrected chi connectivity index (χ3v) is 4.70. The van der Waals surface area contributed by atoms with Crippen molar-refractivity contribution in [2.75, 3.05) is 13.1 Å². The number of nitrogens with one attached hydrogen (secondary N) is 2. The predicted molar refractivity (Wildman–Crippen MR) is 94.6 cm³/mol. The molecule has 1 aromatic carbocycles. The molecule has 24 heavy (non-hydrogen) atoms. The van der Waals surface area contributed by atoms with Gasteiger partial charge in [-0.1, -0.05) is 25.1 Å². The lowest BCUT2D eigenvalue weighted by Crippen LogP contribution is -2.44. The first-order chi connectivity index (χ1) is 11.5. The molecular formula is C19H25N3O2. The second-order valence-electron chi connectivity index (χ2n) is 6.82. The third-order valence-electron chi connectivity index (χ3n) is 4.70. The highest BCUT2D eigenvalue weighted by atomic mass is 16.2. The number of likely N-dealkylation sites (tertiary alicyclic amines) is 1. The molecule has 0 bridgehead atoms. The number of aromatic nitrogens is 1. The first-order valence-corrected chi connectivity index (χ1v) is 8.67. The number of hydrogen-bond donors (Lipinski definition) is 2. The summed E-state index contributed by atoms with van der Waals surface area (Å²) in [5.74, 6) is 0.128. The Hall–Kier alpha value is -2.30. The molecule has 0 aliphatic carbocycles. The van der Waals surface area contributed by atoms with Crippen molar-refractivity contribution < 1.29 is 9.59 Å². The molecule has 2 unspecified atom stereocenters. The van der Waals surface area contributed by atoms with Crippen molar-refractivity contribution in [1.82, 2.24) is 15.2 Å². The van der Waals surface area contributed by atoms with E-state index in [4.69, 9.17) is 0 Å². The Kier molecular flexibility index (Phi) is 4.88. The Morgan fingerprint density at radius 2 is 2.12 bits per heavy atom. The van der Waals surface area contributed by atoms with Gasteiger partial charge in [0.2, 0.25) is 11.8 Å². The minimum absolute atomic E-state index is 0.0232. The van der Waals surface area contributed by atoms with Crippen LogP contribution < -0.4 is 5.32 Å². The molecule has 2 N–H and O–H groups in total. The molecule has 5 nitrogen and oxygen atoms in total. The molecule has 3 rings (SSSR count). The van der Waals surface area contributed by atoms with E-state index in [9.17, 15) is 9.59 Å². The van der Waals surface area contributed by atoms with Crippen LogP contribution in [0.15, 0.2) is 30.5 Å². The summed E-state index contributed by atoms with van der Waals surface area (Å²) in [6.45, 7) is 5.32. The molecule has 5 heteroatoms. The highest BCUT2D eigenvalue weighted by molar-refractivity contribution is 5.85. The van der Waals surface area contributed by atoms with Crippen molar-refractivity contribution in [2.24, 2.45) is 5.92 Å². The fourth-order valence-electron chi connectivity index (χ4n) is 3.38. The number of hydrogen-bond acceptors (Lipinski definition) is 2. The lowest BCUT2D eigenvalue weighted by Gasteiger charge is -2.23. The monoisotopic (exact) mass is 327 g/mol. The second kappa shape index (κ2) is 7.07. The highest BCUT2D eigenvalue weighted by Gasteiger charge is 2.23. The first kappa shape index (κ1) is 16.6. The van der Waals surface area contributed by atoms with Gasteiger partial charge in [0.05, 0.1) is 0 Å². The molecule has 0 radical (unpaired) electrons. The quantitative estimate of drug-likeness (QED) is 0.856. The molecular weight excluding hydrogens is 302 g/mol. The normalized spacial score (nSPS) is 17.2. The summed E-state index contributed by atoms with van der Waals surface area (Å²) in [6.07, 6.45) is 4.25. The minimum Gasteiger partial charge on any atom is -0.361 e. The van der Waals surface area contributed by atoms with Crippen LogP contribution in [0.2, 0.25) is 0 Å². The van der Waals surface area contributed by atoms with Gasteiger partial charge in [-0.25, -0.2) is 0 Å². The van der Waals surface area contributed by atoms with Gasteiger partial charge in [-0.05, 0) is 31.4 Å². The number of benzene rings is 1. The zero-order chi connectivity index (χ0) is 17.1. The summed E-state index contributed by atoms with van der Waals surface area (Å²) < 4.78 is 0. The van der Waals surface area contributed by atoms with E-state index in [0.29, 0.717) is 19.4 Å². The van der Waals surface area contributed by atoms with Crippen LogP contribution in [0.5, 0.6) is 0 Å². The van der Waals surface area contributed by atoms with E-state index in [1.54, 1.807) is 0 Å². The summed E-state index contributed by atoms with van der Waals surface area (Å²) in [5, 5.41) is 4.22. The van der Waals surface area contributed by atoms with Crippen LogP contribution in [0.3, 0.4) is 0 Å². The van der Waals surface area contributed by atoms with Gasteiger partial charge in [0.1, 0.15) is 0 Å². The zero-order valence-electron chi connectivity index (χ0n) is 14.3. The maximum atomic E-state index is 12.4. The van der Waals surface area contributed by atoms with Gasteiger partial charge in [0.25, 0.3) is 0 Å². The summed E-state index contributed by atoms with van der Waals surface area (Å²) in [7, 11) is 0. The molecule has 2 heterocycles. The molecule has 2 atom stereocenters. The van der Waals surface area contributed by atoms with Gasteiger partial charge in [-0.3, -0.25) is 9.59 Å². The number of nitrogens with zero attached hydrogens (tertiary/aromatic N) is 1. The molecule has 1 fully saturated rings. The summed E-state index contributed by atoms with van der Waals surface area (Å²) in [6, 6.07) is 8.11. The molecule has 2 aromatic rings. The number of para-hydroxylation sites is 1. The van der Waals surface area contributed by atoms with Crippen molar-refractivity contribution in [3.8, 4) is 0 Å². The lowest BCUT2D eigenvalue weighted by atomic mass is 9.99. The van der Waals surface area contributed by atoms with Gasteiger partial charge in [0.15, 0.2) is 0 Å². The van der Waals surface area contributed by atoms with E-state index in [0.717, 1.165) is 24.0 Å². The number of carbonyl (C=O) groups excluding carboxylic acids is 2. The van der Waals surface area contributed by atoms with Crippen LogP contribution in [-0.4, -0.2) is 40.8 Å². The molecule has 1 aromatic heterocycles. The third kappa shape index (κ3) is 3.61. The van der Waals surface area contributed by atoms with E-state index in [1.807, 2.05) is 43.1 Å². The molecule has 1 aliphatic rings. The molecule has 1 aliphatic heterocycles. The average Bonchev–Trinajstić information content (AvgIpc) is 3.14. The zero-order valence-corrected chi connectivity index (χ0v) is 14.3. The topological polar surface area (TPSA) is 65.2 Å². The van der Waals surface area contributed by atoms with E-state index in [-0.39, 0.29) is 23.8 Å². The Balaban J connectivity index is 1.55. The Bertz CT molecular complexity index is 737. The lowest BCUT2D eigenvalue weighted by molar-refractivity contribution is -0.129. The molecule has 0 saturated carbocycles. The number of rotatable bonds is 6. The van der Waals surface area contributed by atoms with Crippen LogP contribution in [0.1, 0.15) is 32.3 Å². The molecule has 0 spiro atoms. The van der Waals surface area contributed by atoms with Crippen LogP contribution in [0.4, 0.5) is 0 Å². The minimum atomic E-state index is -0.110. The van der Waals surface area contributed by atoms with E-state index >= 15 is 0 Å². The number of aromatic amines is 1. The first-order valence-electron chi connectivity index (χ1n) is 8.67. The number of amides is 2. The van der Waals surface area contributed by atoms with Crippen molar-refractivity contribution in [2.45, 2.75) is 39.2 Å². The summed E-state index contributed by atoms with van der Waals surface area (Å²) in [4.78, 5) is 29.2. The molecule has 1 saturated heterocycles. The van der Waals surface area contributed by atoms with Crippen LogP contribution in [0, 0.1) is 5.92 Å². The summed E-state index contributed by atoms with van der Waals surface area (Å²) in [5.41, 5.74) is 2.26. The fourth-order valence-corrected chi connectivity index (χ4v) is 3.38. The maximum Gasteiger partial charge on any atom is 0.223 e. The molecule has 128 valence electrons. The summed E-state index contributed by atoms with van der Waals surface area (Å²) >= 11 is 0. The van der Waals surface area contributed by atoms with Crippen LogP contribution in [-0.2, 0) is 16.0 Å². The van der Waals surface area contributed by atoms with E-state index in [2.05, 4.69) is 16.4 Å². The van der Waals surface area contributed by atoms with Crippen molar-refractivity contribution in [3.63, 3.8) is 0 Å². The smallest absolute Gasteiger partial charge is 0.223 e. The predicted octanol–water partition coefficient (Wildman–Crippen LogP) is 2.47. The second-order valence-corrected chi connectivity index (χ2v) is 6.82. The number of carbonyl (C=O) groups is 2. The van der Waals surface area contributed by atoms with Crippen LogP contribution >= 0.6 is 0 Å². The number of H-pyrrole nitrogens is 1. The van der Waals surface area contributed by atoms with Gasteiger partial charge in [-0.2, -0.15) is 0 Å². The highest BCUT2D eigenvalue weighted by Crippen LogP contribution is 2.20. The van der Waals surface area contributed by atoms with Crippen molar-refractivity contribution in [1.29, 1.82) is 0 Å². The average molecular weight is 327 g/mol. The van der Waals surface area contributed by atoms with Crippen LogP contribution in [0.25, 0.3) is 10.9 Å². The Labute approximate surface area is 142 Å². The van der Waals surface area contributed by atoms with Gasteiger partial charge >= 0.3 is 0 Å². The van der Waals surface area contributed by atoms with Crippen molar-refractivity contribution >= 4 is 22.7 Å². The number of fused-ring (bicyclic) bond motifs is 1. The van der Waals surface area contributed by atoms with E-state index in [1.165, 1.54) is 5.39 Å². The Morgan fingerprint density at radius 1 is 1.33 bits per heavy atom. The molecule has 2 amide bonds. The van der Waals surface area contributed by atoms with E-state index < -0.39 is 0 Å². The van der Waals surface area contributed by atoms with Gasteiger partial charge < -0.3 is 15.2 Å². The fraction of sp³-hybridized carbons (Fsp3) is 0.474. The van der Waals surface area contributed by atoms with Gasteiger partial charge in [-0.15, -0.1) is 0 Å². The van der Waals surface area contributed by atoms with Gasteiger partial charge in [0, 0.05) is 48.6 Å². The standard InChI is InChI=1S/C19H25N3O2/c1-13(10-15-11-20-17-7-4-3-6-16(15)17)19(24)21-14(2)12-22-9-5-8-18(22)23/h3-4,6-7,11,13-14,20H,5,8-10,12H2,1-2H3,(H,21,24). The SMILES string of the molecule is CC(CN1CCCC1=O)NC(=O)C(C)Cc1c[nH]c2ccccc12. The Morgan fingerprint density at radius 3 is 2.88 bits per heavy atom.